The van der Waals surface area contributed by atoms with E-state index in [0.29, 0.717) is 15.7 Å². The van der Waals surface area contributed by atoms with Gasteiger partial charge in [0.15, 0.2) is 5.13 Å². The Kier molecular flexibility index (Phi) is 5.38. The summed E-state index contributed by atoms with van der Waals surface area (Å²) >= 11 is 7.59. The lowest BCUT2D eigenvalue weighted by atomic mass is 10.1. The molecule has 138 valence electrons. The van der Waals surface area contributed by atoms with Crippen molar-refractivity contribution < 1.29 is 9.53 Å². The third-order valence-corrected chi connectivity index (χ3v) is 5.47. The van der Waals surface area contributed by atoms with Gasteiger partial charge in [-0.1, -0.05) is 29.8 Å². The molecule has 2 aromatic carbocycles. The van der Waals surface area contributed by atoms with Gasteiger partial charge in [-0.3, -0.25) is 10.1 Å². The topological polar surface area (TPSA) is 54.5 Å². The quantitative estimate of drug-likeness (QED) is 0.699. The highest BCUT2D eigenvalue weighted by molar-refractivity contribution is 7.14. The second-order valence-corrected chi connectivity index (χ2v) is 7.38. The van der Waals surface area contributed by atoms with Crippen molar-refractivity contribution >= 4 is 39.7 Å². The monoisotopic (exact) mass is 399 g/mol. The fraction of sp³-hybridized carbons (Fsp3) is 0.200. The lowest BCUT2D eigenvalue weighted by Gasteiger charge is -2.28. The first kappa shape index (κ1) is 18.0. The highest BCUT2D eigenvalue weighted by Gasteiger charge is 2.14. The molecule has 0 radical (unpaired) electrons. The van der Waals surface area contributed by atoms with E-state index < -0.39 is 0 Å². The molecule has 1 aliphatic rings. The number of amides is 1. The van der Waals surface area contributed by atoms with Crippen LogP contribution in [0.2, 0.25) is 5.02 Å². The first-order valence-electron chi connectivity index (χ1n) is 8.65. The first-order valence-corrected chi connectivity index (χ1v) is 9.91. The number of nitrogens with one attached hydrogen (secondary N) is 1. The number of hydrogen-bond donors (Lipinski definition) is 1. The van der Waals surface area contributed by atoms with Gasteiger partial charge in [-0.25, -0.2) is 4.98 Å². The molecule has 1 fully saturated rings. The SMILES string of the molecule is O=C(Nc1nc(-c2ccccc2Cl)cs1)c1ccc(N2CCOCC2)cc1. The molecule has 0 saturated carbocycles. The molecule has 1 saturated heterocycles. The first-order chi connectivity index (χ1) is 13.2. The number of thiazole rings is 1. The molecule has 27 heavy (non-hydrogen) atoms. The van der Waals surface area contributed by atoms with Crippen LogP contribution >= 0.6 is 22.9 Å². The van der Waals surface area contributed by atoms with Crippen molar-refractivity contribution in [3.05, 3.63) is 64.5 Å². The van der Waals surface area contributed by atoms with Crippen LogP contribution in [0.4, 0.5) is 10.8 Å². The molecule has 1 N–H and O–H groups in total. The Morgan fingerprint density at radius 1 is 1.11 bits per heavy atom. The molecule has 4 rings (SSSR count). The summed E-state index contributed by atoms with van der Waals surface area (Å²) in [5.74, 6) is -0.177. The number of benzene rings is 2. The van der Waals surface area contributed by atoms with Crippen molar-refractivity contribution in [2.45, 2.75) is 0 Å². The molecular weight excluding hydrogens is 382 g/mol. The fourth-order valence-electron chi connectivity index (χ4n) is 2.94. The van der Waals surface area contributed by atoms with Gasteiger partial charge in [0.1, 0.15) is 0 Å². The molecule has 0 atom stereocenters. The van der Waals surface area contributed by atoms with Gasteiger partial charge >= 0.3 is 0 Å². The van der Waals surface area contributed by atoms with Crippen molar-refractivity contribution in [2.75, 3.05) is 36.5 Å². The Labute approximate surface area is 166 Å². The molecule has 5 nitrogen and oxygen atoms in total. The van der Waals surface area contributed by atoms with E-state index in [1.54, 1.807) is 0 Å². The van der Waals surface area contributed by atoms with Crippen molar-refractivity contribution in [1.82, 2.24) is 4.98 Å². The minimum absolute atomic E-state index is 0.177. The van der Waals surface area contributed by atoms with E-state index in [-0.39, 0.29) is 5.91 Å². The summed E-state index contributed by atoms with van der Waals surface area (Å²) in [5, 5.41) is 5.93. The standard InChI is InChI=1S/C20H18ClN3O2S/c21-17-4-2-1-3-16(17)18-13-27-20(22-18)23-19(25)14-5-7-15(8-6-14)24-9-11-26-12-10-24/h1-8,13H,9-12H2,(H,22,23,25). The van der Waals surface area contributed by atoms with E-state index in [2.05, 4.69) is 15.2 Å². The van der Waals surface area contributed by atoms with Gasteiger partial charge in [0.2, 0.25) is 0 Å². The fourth-order valence-corrected chi connectivity index (χ4v) is 3.88. The lowest BCUT2D eigenvalue weighted by molar-refractivity contribution is 0.102. The van der Waals surface area contributed by atoms with E-state index in [0.717, 1.165) is 43.2 Å². The third kappa shape index (κ3) is 4.13. The van der Waals surface area contributed by atoms with Crippen LogP contribution in [0.25, 0.3) is 11.3 Å². The van der Waals surface area contributed by atoms with Crippen LogP contribution in [-0.4, -0.2) is 37.2 Å². The molecule has 0 spiro atoms. The number of aromatic nitrogens is 1. The largest absolute Gasteiger partial charge is 0.378 e. The summed E-state index contributed by atoms with van der Waals surface area (Å²) in [4.78, 5) is 19.2. The summed E-state index contributed by atoms with van der Waals surface area (Å²) < 4.78 is 5.37. The minimum atomic E-state index is -0.177. The van der Waals surface area contributed by atoms with E-state index in [1.165, 1.54) is 11.3 Å². The van der Waals surface area contributed by atoms with Crippen molar-refractivity contribution in [3.8, 4) is 11.3 Å². The van der Waals surface area contributed by atoms with Gasteiger partial charge in [-0.05, 0) is 30.3 Å². The predicted molar refractivity (Wildman–Crippen MR) is 110 cm³/mol. The highest BCUT2D eigenvalue weighted by Crippen LogP contribution is 2.30. The molecule has 1 aliphatic heterocycles. The number of hydrogen-bond acceptors (Lipinski definition) is 5. The maximum Gasteiger partial charge on any atom is 0.257 e. The number of ether oxygens (including phenoxy) is 1. The predicted octanol–water partition coefficient (Wildman–Crippen LogP) is 4.55. The number of rotatable bonds is 4. The molecule has 1 amide bonds. The number of anilines is 2. The molecule has 2 heterocycles. The highest BCUT2D eigenvalue weighted by atomic mass is 35.5. The summed E-state index contributed by atoms with van der Waals surface area (Å²) in [6, 6.07) is 15.1. The number of carbonyl (C=O) groups is 1. The number of halogens is 1. The van der Waals surface area contributed by atoms with Crippen LogP contribution in [0.5, 0.6) is 0 Å². The Bertz CT molecular complexity index is 936. The Morgan fingerprint density at radius 2 is 1.85 bits per heavy atom. The average Bonchev–Trinajstić information content (AvgIpc) is 3.17. The van der Waals surface area contributed by atoms with Gasteiger partial charge in [-0.2, -0.15) is 0 Å². The minimum Gasteiger partial charge on any atom is -0.378 e. The molecule has 0 aliphatic carbocycles. The normalized spacial score (nSPS) is 14.2. The van der Waals surface area contributed by atoms with E-state index in [9.17, 15) is 4.79 Å². The number of carbonyl (C=O) groups excluding carboxylic acids is 1. The van der Waals surface area contributed by atoms with Crippen LogP contribution in [0.15, 0.2) is 53.9 Å². The average molecular weight is 400 g/mol. The third-order valence-electron chi connectivity index (χ3n) is 4.38. The van der Waals surface area contributed by atoms with Gasteiger partial charge in [-0.15, -0.1) is 11.3 Å². The zero-order chi connectivity index (χ0) is 18.6. The number of nitrogens with zero attached hydrogens (tertiary/aromatic N) is 2. The molecular formula is C20H18ClN3O2S. The van der Waals surface area contributed by atoms with E-state index in [4.69, 9.17) is 16.3 Å². The summed E-state index contributed by atoms with van der Waals surface area (Å²) in [7, 11) is 0. The maximum absolute atomic E-state index is 12.5. The van der Waals surface area contributed by atoms with Crippen LogP contribution in [0, 0.1) is 0 Å². The Hall–Kier alpha value is -2.41. The van der Waals surface area contributed by atoms with Crippen molar-refractivity contribution in [2.24, 2.45) is 0 Å². The number of morpholine rings is 1. The second kappa shape index (κ2) is 8.08. The van der Waals surface area contributed by atoms with E-state index in [1.807, 2.05) is 53.9 Å². The molecule has 3 aromatic rings. The van der Waals surface area contributed by atoms with Gasteiger partial charge in [0.05, 0.1) is 18.9 Å². The summed E-state index contributed by atoms with van der Waals surface area (Å²) in [6.07, 6.45) is 0. The Balaban J connectivity index is 1.44. The summed E-state index contributed by atoms with van der Waals surface area (Å²) in [6.45, 7) is 3.21. The molecule has 0 bridgehead atoms. The maximum atomic E-state index is 12.5. The lowest BCUT2D eigenvalue weighted by Crippen LogP contribution is -2.36. The van der Waals surface area contributed by atoms with Crippen LogP contribution in [0.1, 0.15) is 10.4 Å². The molecule has 0 unspecified atom stereocenters. The van der Waals surface area contributed by atoms with Gasteiger partial charge in [0.25, 0.3) is 5.91 Å². The second-order valence-electron chi connectivity index (χ2n) is 6.12. The van der Waals surface area contributed by atoms with Crippen molar-refractivity contribution in [3.63, 3.8) is 0 Å². The summed E-state index contributed by atoms with van der Waals surface area (Å²) in [5.41, 5.74) is 3.31. The molecule has 1 aromatic heterocycles. The Morgan fingerprint density at radius 3 is 2.59 bits per heavy atom. The zero-order valence-electron chi connectivity index (χ0n) is 14.5. The van der Waals surface area contributed by atoms with Gasteiger partial charge < -0.3 is 9.64 Å². The van der Waals surface area contributed by atoms with Crippen LogP contribution in [-0.2, 0) is 4.74 Å². The van der Waals surface area contributed by atoms with E-state index >= 15 is 0 Å². The van der Waals surface area contributed by atoms with Gasteiger partial charge in [0, 0.05) is 40.3 Å². The smallest absolute Gasteiger partial charge is 0.257 e. The zero-order valence-corrected chi connectivity index (χ0v) is 16.1. The van der Waals surface area contributed by atoms with Crippen LogP contribution < -0.4 is 10.2 Å². The molecule has 7 heteroatoms. The van der Waals surface area contributed by atoms with Crippen LogP contribution in [0.3, 0.4) is 0 Å². The van der Waals surface area contributed by atoms with Crippen molar-refractivity contribution in [1.29, 1.82) is 0 Å².